The lowest BCUT2D eigenvalue weighted by molar-refractivity contribution is 1.42. The predicted octanol–water partition coefficient (Wildman–Crippen LogP) is 7.03. The van der Waals surface area contributed by atoms with Gasteiger partial charge in [0.25, 0.3) is 0 Å². The number of hydrogen-bond acceptors (Lipinski definition) is 1. The van der Waals surface area contributed by atoms with E-state index in [4.69, 9.17) is 4.98 Å². The Balaban J connectivity index is 1.77. The smallest absolute Gasteiger partial charge is 0.0788 e. The Morgan fingerprint density at radius 3 is 1.96 bits per heavy atom. The molecule has 1 heteroatoms. The number of benzene rings is 4. The Kier molecular flexibility index (Phi) is 3.72. The summed E-state index contributed by atoms with van der Waals surface area (Å²) in [6, 6.07) is 34.3. The van der Waals surface area contributed by atoms with Gasteiger partial charge in [-0.15, -0.1) is 0 Å². The van der Waals surface area contributed by atoms with E-state index in [1.54, 1.807) is 0 Å². The standard InChI is InChI=1S/C26H19N/c1-18-8-6-9-19(16-18)20-10-7-11-21(17-20)26-24-14-3-2-12-22(24)23-13-4-5-15-25(23)27-26/h2-17H,1H3. The highest BCUT2D eigenvalue weighted by atomic mass is 14.7. The third kappa shape index (κ3) is 2.78. The molecule has 0 saturated carbocycles. The van der Waals surface area contributed by atoms with Crippen molar-refractivity contribution in [3.63, 3.8) is 0 Å². The van der Waals surface area contributed by atoms with Gasteiger partial charge in [-0.25, -0.2) is 4.98 Å². The van der Waals surface area contributed by atoms with Crippen molar-refractivity contribution >= 4 is 21.7 Å². The summed E-state index contributed by atoms with van der Waals surface area (Å²) in [6.45, 7) is 2.13. The molecule has 5 rings (SSSR count). The van der Waals surface area contributed by atoms with Crippen LogP contribution in [-0.4, -0.2) is 4.98 Å². The third-order valence-electron chi connectivity index (χ3n) is 5.10. The van der Waals surface area contributed by atoms with Crippen LogP contribution < -0.4 is 0 Å². The maximum atomic E-state index is 5.03. The van der Waals surface area contributed by atoms with Gasteiger partial charge in [-0.3, -0.25) is 0 Å². The maximum absolute atomic E-state index is 5.03. The molecule has 0 spiro atoms. The van der Waals surface area contributed by atoms with Crippen LogP contribution in [0.1, 0.15) is 5.56 Å². The molecule has 27 heavy (non-hydrogen) atoms. The van der Waals surface area contributed by atoms with Crippen molar-refractivity contribution in [1.29, 1.82) is 0 Å². The normalized spacial score (nSPS) is 11.1. The predicted molar refractivity (Wildman–Crippen MR) is 115 cm³/mol. The van der Waals surface area contributed by atoms with Crippen molar-refractivity contribution in [2.75, 3.05) is 0 Å². The SMILES string of the molecule is Cc1cccc(-c2cccc(-c3nc4ccccc4c4ccccc34)c2)c1. The third-order valence-corrected chi connectivity index (χ3v) is 5.10. The summed E-state index contributed by atoms with van der Waals surface area (Å²) in [7, 11) is 0. The second kappa shape index (κ2) is 6.37. The van der Waals surface area contributed by atoms with Crippen molar-refractivity contribution in [2.45, 2.75) is 6.92 Å². The molecule has 0 saturated heterocycles. The lowest BCUT2D eigenvalue weighted by atomic mass is 9.97. The van der Waals surface area contributed by atoms with Gasteiger partial charge in [0.15, 0.2) is 0 Å². The van der Waals surface area contributed by atoms with E-state index in [0.717, 1.165) is 16.8 Å². The molecular formula is C26H19N. The summed E-state index contributed by atoms with van der Waals surface area (Å²) >= 11 is 0. The van der Waals surface area contributed by atoms with Gasteiger partial charge in [0.1, 0.15) is 0 Å². The van der Waals surface area contributed by atoms with Crippen molar-refractivity contribution < 1.29 is 0 Å². The average molecular weight is 345 g/mol. The zero-order valence-electron chi connectivity index (χ0n) is 15.2. The van der Waals surface area contributed by atoms with Crippen LogP contribution in [0.3, 0.4) is 0 Å². The fourth-order valence-corrected chi connectivity index (χ4v) is 3.79. The highest BCUT2D eigenvalue weighted by Gasteiger charge is 2.10. The van der Waals surface area contributed by atoms with Gasteiger partial charge in [0, 0.05) is 16.3 Å². The molecule has 0 aliphatic rings. The zero-order chi connectivity index (χ0) is 18.2. The van der Waals surface area contributed by atoms with Crippen LogP contribution in [0, 0.1) is 6.92 Å². The van der Waals surface area contributed by atoms with Gasteiger partial charge in [-0.2, -0.15) is 0 Å². The zero-order valence-corrected chi connectivity index (χ0v) is 15.2. The fraction of sp³-hybridized carbons (Fsp3) is 0.0385. The lowest BCUT2D eigenvalue weighted by Crippen LogP contribution is -1.90. The highest BCUT2D eigenvalue weighted by molar-refractivity contribution is 6.10. The molecule has 0 radical (unpaired) electrons. The topological polar surface area (TPSA) is 12.9 Å². The molecule has 0 N–H and O–H groups in total. The fourth-order valence-electron chi connectivity index (χ4n) is 3.79. The molecule has 5 aromatic rings. The number of para-hydroxylation sites is 1. The van der Waals surface area contributed by atoms with Gasteiger partial charge in [0.2, 0.25) is 0 Å². The summed E-state index contributed by atoms with van der Waals surface area (Å²) < 4.78 is 0. The molecule has 0 amide bonds. The molecule has 0 bridgehead atoms. The Morgan fingerprint density at radius 1 is 0.519 bits per heavy atom. The van der Waals surface area contributed by atoms with Gasteiger partial charge >= 0.3 is 0 Å². The summed E-state index contributed by atoms with van der Waals surface area (Å²) in [5.74, 6) is 0. The molecule has 0 fully saturated rings. The van der Waals surface area contributed by atoms with E-state index in [-0.39, 0.29) is 0 Å². The van der Waals surface area contributed by atoms with Crippen molar-refractivity contribution in [1.82, 2.24) is 4.98 Å². The number of pyridine rings is 1. The second-order valence-electron chi connectivity index (χ2n) is 6.97. The maximum Gasteiger partial charge on any atom is 0.0788 e. The minimum Gasteiger partial charge on any atom is -0.247 e. The molecule has 0 unspecified atom stereocenters. The van der Waals surface area contributed by atoms with E-state index in [1.165, 1.54) is 32.8 Å². The molecule has 1 aromatic heterocycles. The number of aryl methyl sites for hydroxylation is 1. The number of hydrogen-bond donors (Lipinski definition) is 0. The van der Waals surface area contributed by atoms with E-state index in [0.29, 0.717) is 0 Å². The first-order chi connectivity index (χ1) is 13.3. The van der Waals surface area contributed by atoms with E-state index in [1.807, 2.05) is 0 Å². The minimum atomic E-state index is 1.03. The Hall–Kier alpha value is -3.45. The highest BCUT2D eigenvalue weighted by Crippen LogP contribution is 2.34. The lowest BCUT2D eigenvalue weighted by Gasteiger charge is -2.11. The van der Waals surface area contributed by atoms with Crippen LogP contribution >= 0.6 is 0 Å². The van der Waals surface area contributed by atoms with E-state index in [9.17, 15) is 0 Å². The monoisotopic (exact) mass is 345 g/mol. The van der Waals surface area contributed by atoms with E-state index in [2.05, 4.69) is 104 Å². The van der Waals surface area contributed by atoms with Crippen LogP contribution in [0.15, 0.2) is 97.1 Å². The van der Waals surface area contributed by atoms with Gasteiger partial charge < -0.3 is 0 Å². The molecular weight excluding hydrogens is 326 g/mol. The van der Waals surface area contributed by atoms with Crippen LogP contribution in [0.4, 0.5) is 0 Å². The molecule has 4 aromatic carbocycles. The van der Waals surface area contributed by atoms with Crippen molar-refractivity contribution in [3.8, 4) is 22.4 Å². The molecule has 0 aliphatic heterocycles. The number of rotatable bonds is 2. The van der Waals surface area contributed by atoms with Gasteiger partial charge in [-0.05, 0) is 35.6 Å². The molecule has 0 atom stereocenters. The molecule has 0 aliphatic carbocycles. The van der Waals surface area contributed by atoms with Crippen LogP contribution in [0.2, 0.25) is 0 Å². The molecule has 1 heterocycles. The van der Waals surface area contributed by atoms with Crippen molar-refractivity contribution in [3.05, 3.63) is 103 Å². The summed E-state index contributed by atoms with van der Waals surface area (Å²) in [6.07, 6.45) is 0. The number of aromatic nitrogens is 1. The van der Waals surface area contributed by atoms with Gasteiger partial charge in [0.05, 0.1) is 11.2 Å². The second-order valence-corrected chi connectivity index (χ2v) is 6.97. The quantitative estimate of drug-likeness (QED) is 0.313. The summed E-state index contributed by atoms with van der Waals surface area (Å²) in [5.41, 5.74) is 6.95. The van der Waals surface area contributed by atoms with Gasteiger partial charge in [-0.1, -0.05) is 90.5 Å². The summed E-state index contributed by atoms with van der Waals surface area (Å²) in [4.78, 5) is 5.03. The molecule has 1 nitrogen and oxygen atoms in total. The van der Waals surface area contributed by atoms with Crippen LogP contribution in [0.5, 0.6) is 0 Å². The number of nitrogens with zero attached hydrogens (tertiary/aromatic N) is 1. The largest absolute Gasteiger partial charge is 0.247 e. The minimum absolute atomic E-state index is 1.03. The van der Waals surface area contributed by atoms with Crippen molar-refractivity contribution in [2.24, 2.45) is 0 Å². The first-order valence-corrected chi connectivity index (χ1v) is 9.24. The molecule has 128 valence electrons. The Labute approximate surface area is 158 Å². The first-order valence-electron chi connectivity index (χ1n) is 9.24. The summed E-state index contributed by atoms with van der Waals surface area (Å²) in [5, 5.41) is 3.64. The Bertz CT molecular complexity index is 1280. The van der Waals surface area contributed by atoms with E-state index < -0.39 is 0 Å². The van der Waals surface area contributed by atoms with Crippen LogP contribution in [-0.2, 0) is 0 Å². The average Bonchev–Trinajstić information content (AvgIpc) is 2.73. The number of fused-ring (bicyclic) bond motifs is 3. The van der Waals surface area contributed by atoms with Crippen LogP contribution in [0.25, 0.3) is 44.1 Å². The first kappa shape index (κ1) is 15.8. The van der Waals surface area contributed by atoms with E-state index >= 15 is 0 Å². The Morgan fingerprint density at radius 2 is 1.15 bits per heavy atom.